The SMILES string of the molecule is CC(C)Cc1ncc(CNc2ccccc2CO)s1. The van der Waals surface area contributed by atoms with E-state index in [2.05, 4.69) is 24.1 Å². The Morgan fingerprint density at radius 2 is 2.11 bits per heavy atom. The number of benzene rings is 1. The van der Waals surface area contributed by atoms with Crippen molar-refractivity contribution in [2.75, 3.05) is 5.32 Å². The van der Waals surface area contributed by atoms with Gasteiger partial charge < -0.3 is 10.4 Å². The van der Waals surface area contributed by atoms with Gasteiger partial charge in [-0.05, 0) is 12.0 Å². The first-order valence-corrected chi connectivity index (χ1v) is 7.37. The number of rotatable bonds is 6. The molecule has 19 heavy (non-hydrogen) atoms. The fraction of sp³-hybridized carbons (Fsp3) is 0.400. The van der Waals surface area contributed by atoms with E-state index in [1.165, 1.54) is 9.88 Å². The van der Waals surface area contributed by atoms with Crippen LogP contribution in [0.5, 0.6) is 0 Å². The maximum absolute atomic E-state index is 9.27. The minimum absolute atomic E-state index is 0.0600. The van der Waals surface area contributed by atoms with Crippen LogP contribution in [0.2, 0.25) is 0 Å². The number of para-hydroxylation sites is 1. The van der Waals surface area contributed by atoms with Gasteiger partial charge in [-0.2, -0.15) is 0 Å². The highest BCUT2D eigenvalue weighted by atomic mass is 32.1. The van der Waals surface area contributed by atoms with Crippen molar-refractivity contribution in [3.05, 3.63) is 45.9 Å². The molecule has 0 aliphatic carbocycles. The molecule has 0 saturated carbocycles. The van der Waals surface area contributed by atoms with Crippen molar-refractivity contribution < 1.29 is 5.11 Å². The van der Waals surface area contributed by atoms with Crippen LogP contribution in [-0.4, -0.2) is 10.1 Å². The molecule has 1 heterocycles. The van der Waals surface area contributed by atoms with Crippen LogP contribution < -0.4 is 5.32 Å². The number of hydrogen-bond donors (Lipinski definition) is 2. The second kappa shape index (κ2) is 6.68. The molecule has 2 N–H and O–H groups in total. The van der Waals surface area contributed by atoms with Gasteiger partial charge in [0.2, 0.25) is 0 Å². The van der Waals surface area contributed by atoms with E-state index in [1.54, 1.807) is 11.3 Å². The molecule has 0 aliphatic heterocycles. The smallest absolute Gasteiger partial charge is 0.0930 e. The molecule has 0 amide bonds. The van der Waals surface area contributed by atoms with Crippen LogP contribution in [0.25, 0.3) is 0 Å². The predicted octanol–water partition coefficient (Wildman–Crippen LogP) is 3.45. The lowest BCUT2D eigenvalue weighted by Gasteiger charge is -2.08. The minimum Gasteiger partial charge on any atom is -0.392 e. The zero-order valence-electron chi connectivity index (χ0n) is 11.4. The Balaban J connectivity index is 1.96. The topological polar surface area (TPSA) is 45.2 Å². The Bertz CT molecular complexity index is 522. The van der Waals surface area contributed by atoms with Gasteiger partial charge in [0.15, 0.2) is 0 Å². The highest BCUT2D eigenvalue weighted by Gasteiger charge is 2.05. The normalized spacial score (nSPS) is 10.9. The van der Waals surface area contributed by atoms with Gasteiger partial charge in [0, 0.05) is 28.7 Å². The van der Waals surface area contributed by atoms with Gasteiger partial charge in [-0.15, -0.1) is 11.3 Å². The molecule has 1 aromatic heterocycles. The highest BCUT2D eigenvalue weighted by molar-refractivity contribution is 7.11. The van der Waals surface area contributed by atoms with Crippen molar-refractivity contribution in [2.24, 2.45) is 5.92 Å². The first kappa shape index (κ1) is 14.0. The first-order valence-electron chi connectivity index (χ1n) is 6.55. The molecular weight excluding hydrogens is 256 g/mol. The lowest BCUT2D eigenvalue weighted by molar-refractivity contribution is 0.282. The van der Waals surface area contributed by atoms with Crippen LogP contribution in [0.3, 0.4) is 0 Å². The summed E-state index contributed by atoms with van der Waals surface area (Å²) in [7, 11) is 0. The van der Waals surface area contributed by atoms with Gasteiger partial charge in [-0.3, -0.25) is 0 Å². The van der Waals surface area contributed by atoms with E-state index in [-0.39, 0.29) is 6.61 Å². The number of nitrogens with zero attached hydrogens (tertiary/aromatic N) is 1. The van der Waals surface area contributed by atoms with E-state index >= 15 is 0 Å². The zero-order chi connectivity index (χ0) is 13.7. The van der Waals surface area contributed by atoms with E-state index in [4.69, 9.17) is 0 Å². The molecule has 102 valence electrons. The summed E-state index contributed by atoms with van der Waals surface area (Å²) in [5, 5.41) is 13.8. The molecule has 2 aromatic rings. The zero-order valence-corrected chi connectivity index (χ0v) is 12.2. The molecule has 1 aromatic carbocycles. The standard InChI is InChI=1S/C15H20N2OS/c1-11(2)7-15-17-9-13(19-15)8-16-14-6-4-3-5-12(14)10-18/h3-6,9,11,16,18H,7-8,10H2,1-2H3. The van der Waals surface area contributed by atoms with E-state index in [0.29, 0.717) is 5.92 Å². The lowest BCUT2D eigenvalue weighted by atomic mass is 10.1. The molecule has 0 unspecified atom stereocenters. The third kappa shape index (κ3) is 4.04. The Hall–Kier alpha value is -1.39. The fourth-order valence-corrected chi connectivity index (χ4v) is 2.96. The van der Waals surface area contributed by atoms with Crippen molar-refractivity contribution in [1.29, 1.82) is 0 Å². The molecule has 0 fully saturated rings. The molecule has 0 bridgehead atoms. The number of aliphatic hydroxyl groups excluding tert-OH is 1. The average molecular weight is 276 g/mol. The quantitative estimate of drug-likeness (QED) is 0.849. The molecule has 4 heteroatoms. The molecule has 0 aliphatic rings. The summed E-state index contributed by atoms with van der Waals surface area (Å²) in [6, 6.07) is 7.82. The van der Waals surface area contributed by atoms with Crippen molar-refractivity contribution in [3.8, 4) is 0 Å². The van der Waals surface area contributed by atoms with E-state index < -0.39 is 0 Å². The number of nitrogens with one attached hydrogen (secondary N) is 1. The molecule has 0 atom stereocenters. The monoisotopic (exact) mass is 276 g/mol. The first-order chi connectivity index (χ1) is 9.19. The van der Waals surface area contributed by atoms with E-state index in [0.717, 1.165) is 24.2 Å². The number of thiazole rings is 1. The number of anilines is 1. The summed E-state index contributed by atoms with van der Waals surface area (Å²) in [4.78, 5) is 5.67. The number of aromatic nitrogens is 1. The molecule has 2 rings (SSSR count). The summed E-state index contributed by atoms with van der Waals surface area (Å²) in [6.07, 6.45) is 2.98. The van der Waals surface area contributed by atoms with Crippen LogP contribution in [0, 0.1) is 5.92 Å². The Kier molecular flexibility index (Phi) is 4.93. The van der Waals surface area contributed by atoms with Crippen molar-refractivity contribution in [3.63, 3.8) is 0 Å². The van der Waals surface area contributed by atoms with Crippen molar-refractivity contribution in [1.82, 2.24) is 4.98 Å². The van der Waals surface area contributed by atoms with Crippen LogP contribution in [0.4, 0.5) is 5.69 Å². The summed E-state index contributed by atoms with van der Waals surface area (Å²) in [5.41, 5.74) is 1.92. The number of hydrogen-bond acceptors (Lipinski definition) is 4. The van der Waals surface area contributed by atoms with E-state index in [9.17, 15) is 5.11 Å². The second-order valence-corrected chi connectivity index (χ2v) is 6.19. The Labute approximate surface area is 118 Å². The van der Waals surface area contributed by atoms with Crippen molar-refractivity contribution in [2.45, 2.75) is 33.4 Å². The van der Waals surface area contributed by atoms with Gasteiger partial charge >= 0.3 is 0 Å². The van der Waals surface area contributed by atoms with Gasteiger partial charge in [0.05, 0.1) is 18.2 Å². The number of aliphatic hydroxyl groups is 1. The van der Waals surface area contributed by atoms with Crippen LogP contribution in [0.1, 0.15) is 29.3 Å². The Morgan fingerprint density at radius 1 is 1.32 bits per heavy atom. The fourth-order valence-electron chi connectivity index (χ4n) is 1.89. The van der Waals surface area contributed by atoms with Gasteiger partial charge in [-0.25, -0.2) is 4.98 Å². The summed E-state index contributed by atoms with van der Waals surface area (Å²) < 4.78 is 0. The largest absolute Gasteiger partial charge is 0.392 e. The molecule has 3 nitrogen and oxygen atoms in total. The van der Waals surface area contributed by atoms with Gasteiger partial charge in [-0.1, -0.05) is 32.0 Å². The second-order valence-electron chi connectivity index (χ2n) is 4.99. The lowest BCUT2D eigenvalue weighted by Crippen LogP contribution is -2.00. The minimum atomic E-state index is 0.0600. The van der Waals surface area contributed by atoms with Crippen molar-refractivity contribution >= 4 is 17.0 Å². The predicted molar refractivity (Wildman–Crippen MR) is 80.3 cm³/mol. The third-order valence-corrected chi connectivity index (χ3v) is 3.84. The Morgan fingerprint density at radius 3 is 2.84 bits per heavy atom. The van der Waals surface area contributed by atoms with Crippen LogP contribution in [0.15, 0.2) is 30.5 Å². The maximum Gasteiger partial charge on any atom is 0.0930 e. The summed E-state index contributed by atoms with van der Waals surface area (Å²) in [5.74, 6) is 0.641. The molecule has 0 radical (unpaired) electrons. The molecule has 0 spiro atoms. The maximum atomic E-state index is 9.27. The molecular formula is C15H20N2OS. The van der Waals surface area contributed by atoms with Gasteiger partial charge in [0.25, 0.3) is 0 Å². The summed E-state index contributed by atoms with van der Waals surface area (Å²) in [6.45, 7) is 5.23. The van der Waals surface area contributed by atoms with Crippen LogP contribution in [-0.2, 0) is 19.6 Å². The molecule has 0 saturated heterocycles. The van der Waals surface area contributed by atoms with Gasteiger partial charge in [0.1, 0.15) is 0 Å². The van der Waals surface area contributed by atoms with E-state index in [1.807, 2.05) is 30.5 Å². The summed E-state index contributed by atoms with van der Waals surface area (Å²) >= 11 is 1.76. The highest BCUT2D eigenvalue weighted by Crippen LogP contribution is 2.20. The third-order valence-electron chi connectivity index (χ3n) is 2.83. The van der Waals surface area contributed by atoms with Crippen LogP contribution >= 0.6 is 11.3 Å². The average Bonchev–Trinajstić information content (AvgIpc) is 2.83.